The van der Waals surface area contributed by atoms with E-state index in [9.17, 15) is 13.2 Å². The molecule has 2 nitrogen and oxygen atoms in total. The Morgan fingerprint density at radius 3 is 2.33 bits per heavy atom. The van der Waals surface area contributed by atoms with Crippen molar-refractivity contribution in [3.05, 3.63) is 0 Å². The molecule has 0 bridgehead atoms. The van der Waals surface area contributed by atoms with Crippen molar-refractivity contribution in [2.75, 3.05) is 26.2 Å². The van der Waals surface area contributed by atoms with Gasteiger partial charge >= 0.3 is 6.18 Å². The van der Waals surface area contributed by atoms with Gasteiger partial charge in [0.05, 0.1) is 6.54 Å². The zero-order chi connectivity index (χ0) is 13.4. The Kier molecular flexibility index (Phi) is 7.00. The summed E-state index contributed by atoms with van der Waals surface area (Å²) < 4.78 is 36.6. The topological polar surface area (TPSA) is 15.3 Å². The average Bonchev–Trinajstić information content (AvgIpc) is 2.29. The maximum atomic E-state index is 12.2. The molecule has 5 heteroatoms. The first kappa shape index (κ1) is 15.8. The summed E-state index contributed by atoms with van der Waals surface area (Å²) in [5, 5.41) is 3.46. The molecule has 1 heterocycles. The first-order valence-electron chi connectivity index (χ1n) is 7.04. The number of hydrogen-bond acceptors (Lipinski definition) is 2. The molecule has 1 rings (SSSR count). The zero-order valence-corrected chi connectivity index (χ0v) is 11.2. The summed E-state index contributed by atoms with van der Waals surface area (Å²) in [7, 11) is 0. The van der Waals surface area contributed by atoms with Gasteiger partial charge in [0.1, 0.15) is 0 Å². The van der Waals surface area contributed by atoms with Gasteiger partial charge in [0.25, 0.3) is 0 Å². The molecule has 0 aromatic carbocycles. The van der Waals surface area contributed by atoms with Gasteiger partial charge in [-0.25, -0.2) is 0 Å². The molecular weight excluding hydrogens is 241 g/mol. The van der Waals surface area contributed by atoms with E-state index < -0.39 is 12.7 Å². The molecule has 0 spiro atoms. The summed E-state index contributed by atoms with van der Waals surface area (Å²) in [6.07, 6.45) is 2.54. The molecule has 1 aliphatic heterocycles. The van der Waals surface area contributed by atoms with Crippen molar-refractivity contribution in [1.82, 2.24) is 10.2 Å². The lowest BCUT2D eigenvalue weighted by atomic mass is 10.0. The fraction of sp³-hybridized carbons (Fsp3) is 1.00. The Balaban J connectivity index is 2.05. The smallest absolute Gasteiger partial charge is 0.314 e. The minimum absolute atomic E-state index is 0.413. The number of alkyl halides is 3. The molecule has 1 aliphatic rings. The van der Waals surface area contributed by atoms with E-state index in [-0.39, 0.29) is 0 Å². The number of unbranched alkanes of at least 4 members (excludes halogenated alkanes) is 3. The number of halogens is 3. The molecule has 0 atom stereocenters. The minimum Gasteiger partial charge on any atom is -0.314 e. The zero-order valence-electron chi connectivity index (χ0n) is 11.2. The number of rotatable bonds is 7. The van der Waals surface area contributed by atoms with Crippen molar-refractivity contribution in [3.63, 3.8) is 0 Å². The van der Waals surface area contributed by atoms with Crippen molar-refractivity contribution in [1.29, 1.82) is 0 Å². The van der Waals surface area contributed by atoms with E-state index >= 15 is 0 Å². The number of nitrogens with one attached hydrogen (secondary N) is 1. The second-order valence-corrected chi connectivity index (χ2v) is 5.18. The Bertz CT molecular complexity index is 211. The summed E-state index contributed by atoms with van der Waals surface area (Å²) in [6.45, 7) is 3.56. The van der Waals surface area contributed by atoms with Crippen LogP contribution in [0.5, 0.6) is 0 Å². The van der Waals surface area contributed by atoms with Gasteiger partial charge in [0.15, 0.2) is 0 Å². The third-order valence-corrected chi connectivity index (χ3v) is 3.45. The molecule has 1 fully saturated rings. The quantitative estimate of drug-likeness (QED) is 0.712. The van der Waals surface area contributed by atoms with Crippen molar-refractivity contribution in [3.8, 4) is 0 Å². The largest absolute Gasteiger partial charge is 0.401 e. The van der Waals surface area contributed by atoms with Gasteiger partial charge in [-0.15, -0.1) is 0 Å². The number of hydrogen-bond donors (Lipinski definition) is 1. The summed E-state index contributed by atoms with van der Waals surface area (Å²) in [5.74, 6) is 0. The van der Waals surface area contributed by atoms with E-state index in [0.717, 1.165) is 19.4 Å². The van der Waals surface area contributed by atoms with Gasteiger partial charge in [-0.05, 0) is 38.9 Å². The number of nitrogens with zero attached hydrogens (tertiary/aromatic N) is 1. The van der Waals surface area contributed by atoms with Crippen LogP contribution in [-0.2, 0) is 0 Å². The van der Waals surface area contributed by atoms with Gasteiger partial charge in [-0.2, -0.15) is 13.2 Å². The Hall–Kier alpha value is -0.290. The van der Waals surface area contributed by atoms with E-state index in [0.29, 0.717) is 19.1 Å². The highest BCUT2D eigenvalue weighted by atomic mass is 19.4. The van der Waals surface area contributed by atoms with Crippen LogP contribution < -0.4 is 5.32 Å². The van der Waals surface area contributed by atoms with Gasteiger partial charge in [-0.3, -0.25) is 4.90 Å². The molecule has 0 unspecified atom stereocenters. The van der Waals surface area contributed by atoms with Crippen molar-refractivity contribution in [2.24, 2.45) is 0 Å². The van der Waals surface area contributed by atoms with Crippen molar-refractivity contribution < 1.29 is 13.2 Å². The molecule has 18 heavy (non-hydrogen) atoms. The van der Waals surface area contributed by atoms with E-state index in [2.05, 4.69) is 12.2 Å². The summed E-state index contributed by atoms with van der Waals surface area (Å²) in [5.41, 5.74) is 0. The first-order valence-corrected chi connectivity index (χ1v) is 7.04. The van der Waals surface area contributed by atoms with E-state index in [1.807, 2.05) is 0 Å². The molecule has 0 saturated carbocycles. The second-order valence-electron chi connectivity index (χ2n) is 5.18. The minimum atomic E-state index is -4.06. The van der Waals surface area contributed by atoms with Crippen LogP contribution in [0.15, 0.2) is 0 Å². The highest BCUT2D eigenvalue weighted by Gasteiger charge is 2.32. The predicted octanol–water partition coefficient (Wildman–Crippen LogP) is 3.18. The predicted molar refractivity (Wildman–Crippen MR) is 67.7 cm³/mol. The van der Waals surface area contributed by atoms with E-state index in [4.69, 9.17) is 0 Å². The van der Waals surface area contributed by atoms with E-state index in [1.54, 1.807) is 0 Å². The lowest BCUT2D eigenvalue weighted by molar-refractivity contribution is -0.148. The monoisotopic (exact) mass is 266 g/mol. The highest BCUT2D eigenvalue weighted by molar-refractivity contribution is 4.78. The molecule has 0 aromatic rings. The standard InChI is InChI=1S/C13H25F3N2/c1-2-3-4-5-8-17-12-6-9-18(10-7-12)11-13(14,15)16/h12,17H,2-11H2,1H3. The van der Waals surface area contributed by atoms with Crippen LogP contribution in [0, 0.1) is 0 Å². The van der Waals surface area contributed by atoms with Crippen LogP contribution in [0.2, 0.25) is 0 Å². The Morgan fingerprint density at radius 1 is 1.11 bits per heavy atom. The molecule has 0 aromatic heterocycles. The molecule has 0 amide bonds. The first-order chi connectivity index (χ1) is 8.51. The van der Waals surface area contributed by atoms with Crippen LogP contribution in [-0.4, -0.2) is 43.3 Å². The van der Waals surface area contributed by atoms with E-state index in [1.165, 1.54) is 30.6 Å². The summed E-state index contributed by atoms with van der Waals surface area (Å²) in [4.78, 5) is 1.51. The van der Waals surface area contributed by atoms with Crippen molar-refractivity contribution >= 4 is 0 Å². The van der Waals surface area contributed by atoms with Gasteiger partial charge in [0, 0.05) is 6.04 Å². The van der Waals surface area contributed by atoms with Crippen LogP contribution in [0.4, 0.5) is 13.2 Å². The maximum absolute atomic E-state index is 12.2. The van der Waals surface area contributed by atoms with Crippen LogP contribution in [0.1, 0.15) is 45.4 Å². The van der Waals surface area contributed by atoms with Crippen LogP contribution in [0.25, 0.3) is 0 Å². The van der Waals surface area contributed by atoms with Gasteiger partial charge in [0.2, 0.25) is 0 Å². The Morgan fingerprint density at radius 2 is 1.78 bits per heavy atom. The molecule has 0 aliphatic carbocycles. The van der Waals surface area contributed by atoms with Crippen LogP contribution in [0.3, 0.4) is 0 Å². The maximum Gasteiger partial charge on any atom is 0.401 e. The molecule has 1 saturated heterocycles. The SMILES string of the molecule is CCCCCCNC1CCN(CC(F)(F)F)CC1. The third-order valence-electron chi connectivity index (χ3n) is 3.45. The molecule has 1 N–H and O–H groups in total. The fourth-order valence-corrected chi connectivity index (χ4v) is 2.41. The summed E-state index contributed by atoms with van der Waals surface area (Å²) in [6, 6.07) is 0.413. The molecule has 0 radical (unpaired) electrons. The number of piperidine rings is 1. The average molecular weight is 266 g/mol. The second kappa shape index (κ2) is 8.00. The third kappa shape index (κ3) is 7.21. The lowest BCUT2D eigenvalue weighted by Crippen LogP contribution is -2.45. The van der Waals surface area contributed by atoms with Gasteiger partial charge < -0.3 is 5.32 Å². The molecule has 108 valence electrons. The van der Waals surface area contributed by atoms with Gasteiger partial charge in [-0.1, -0.05) is 26.2 Å². The highest BCUT2D eigenvalue weighted by Crippen LogP contribution is 2.19. The van der Waals surface area contributed by atoms with Crippen molar-refractivity contribution in [2.45, 2.75) is 57.7 Å². The Labute approximate surface area is 108 Å². The normalized spacial score (nSPS) is 19.3. The lowest BCUT2D eigenvalue weighted by Gasteiger charge is -2.32. The summed E-state index contributed by atoms with van der Waals surface area (Å²) >= 11 is 0. The fourth-order valence-electron chi connectivity index (χ4n) is 2.41. The molecular formula is C13H25F3N2. The van der Waals surface area contributed by atoms with Crippen LogP contribution >= 0.6 is 0 Å². The number of likely N-dealkylation sites (tertiary alicyclic amines) is 1.